The number of anilines is 1. The van der Waals surface area contributed by atoms with Gasteiger partial charge in [0.05, 0.1) is 6.54 Å². The Morgan fingerprint density at radius 1 is 1.19 bits per heavy atom. The smallest absolute Gasteiger partial charge is 0.326 e. The van der Waals surface area contributed by atoms with E-state index in [4.69, 9.17) is 5.11 Å². The quantitative estimate of drug-likeness (QED) is 0.720. The molecule has 0 unspecified atom stereocenters. The van der Waals surface area contributed by atoms with E-state index in [0.29, 0.717) is 6.42 Å². The summed E-state index contributed by atoms with van der Waals surface area (Å²) < 4.78 is 0. The number of hydrogen-bond donors (Lipinski definition) is 3. The molecule has 0 heterocycles. The molecule has 5 heteroatoms. The highest BCUT2D eigenvalue weighted by Crippen LogP contribution is 2.18. The molecule has 0 aliphatic heterocycles. The van der Waals surface area contributed by atoms with Gasteiger partial charge in [0, 0.05) is 5.69 Å². The Hall–Kier alpha value is -2.04. The number of carbonyl (C=O) groups excluding carboxylic acids is 1. The number of carboxylic acid groups (broad SMARTS) is 1. The van der Waals surface area contributed by atoms with Gasteiger partial charge in [0.25, 0.3) is 0 Å². The summed E-state index contributed by atoms with van der Waals surface area (Å²) in [5, 5.41) is 14.7. The van der Waals surface area contributed by atoms with Gasteiger partial charge < -0.3 is 15.7 Å². The largest absolute Gasteiger partial charge is 0.480 e. The molecule has 1 aromatic rings. The zero-order chi connectivity index (χ0) is 16.0. The number of carboxylic acids is 1. The molecule has 21 heavy (non-hydrogen) atoms. The summed E-state index contributed by atoms with van der Waals surface area (Å²) in [6, 6.07) is 5.05. The molecule has 0 radical (unpaired) electrons. The first-order chi connectivity index (χ1) is 9.81. The first-order valence-electron chi connectivity index (χ1n) is 7.13. The van der Waals surface area contributed by atoms with Crippen molar-refractivity contribution < 1.29 is 14.7 Å². The van der Waals surface area contributed by atoms with Crippen LogP contribution in [-0.2, 0) is 9.59 Å². The highest BCUT2D eigenvalue weighted by molar-refractivity contribution is 5.86. The van der Waals surface area contributed by atoms with E-state index < -0.39 is 12.0 Å². The summed E-state index contributed by atoms with van der Waals surface area (Å²) in [7, 11) is 0. The number of rotatable bonds is 7. The average Bonchev–Trinajstić information content (AvgIpc) is 2.36. The molecule has 0 fully saturated rings. The van der Waals surface area contributed by atoms with Crippen molar-refractivity contribution in [2.75, 3.05) is 11.9 Å². The van der Waals surface area contributed by atoms with Crippen molar-refractivity contribution in [1.29, 1.82) is 0 Å². The van der Waals surface area contributed by atoms with Gasteiger partial charge in [-0.15, -0.1) is 0 Å². The minimum atomic E-state index is -0.996. The number of nitrogens with one attached hydrogen (secondary N) is 2. The second-order valence-electron chi connectivity index (χ2n) is 5.71. The summed E-state index contributed by atoms with van der Waals surface area (Å²) in [4.78, 5) is 23.0. The maximum atomic E-state index is 11.9. The van der Waals surface area contributed by atoms with Crippen molar-refractivity contribution in [2.24, 2.45) is 5.92 Å². The van der Waals surface area contributed by atoms with Crippen LogP contribution in [0.15, 0.2) is 18.2 Å². The summed E-state index contributed by atoms with van der Waals surface area (Å²) in [5.41, 5.74) is 3.03. The van der Waals surface area contributed by atoms with Crippen molar-refractivity contribution in [3.63, 3.8) is 0 Å². The predicted molar refractivity (Wildman–Crippen MR) is 83.4 cm³/mol. The van der Waals surface area contributed by atoms with Crippen LogP contribution in [0.5, 0.6) is 0 Å². The van der Waals surface area contributed by atoms with E-state index >= 15 is 0 Å². The first-order valence-corrected chi connectivity index (χ1v) is 7.13. The topological polar surface area (TPSA) is 78.4 Å². The number of aliphatic carboxylic acids is 1. The van der Waals surface area contributed by atoms with Crippen molar-refractivity contribution in [1.82, 2.24) is 5.32 Å². The molecule has 1 aromatic carbocycles. The Morgan fingerprint density at radius 2 is 1.76 bits per heavy atom. The van der Waals surface area contributed by atoms with Gasteiger partial charge in [0.15, 0.2) is 0 Å². The second-order valence-corrected chi connectivity index (χ2v) is 5.71. The molecule has 1 amide bonds. The van der Waals surface area contributed by atoms with Crippen LogP contribution in [0.2, 0.25) is 0 Å². The molecule has 5 nitrogen and oxygen atoms in total. The Balaban J connectivity index is 2.59. The van der Waals surface area contributed by atoms with Crippen LogP contribution in [0.3, 0.4) is 0 Å². The molecule has 0 saturated carbocycles. The predicted octanol–water partition coefficient (Wildman–Crippen LogP) is 2.33. The number of benzene rings is 1. The Bertz CT molecular complexity index is 492. The number of aryl methyl sites for hydroxylation is 2. The van der Waals surface area contributed by atoms with E-state index in [1.54, 1.807) is 0 Å². The van der Waals surface area contributed by atoms with E-state index in [0.717, 1.165) is 16.8 Å². The fourth-order valence-corrected chi connectivity index (χ4v) is 2.20. The maximum absolute atomic E-state index is 11.9. The SMILES string of the molecule is Cc1cccc(C)c1NCC(=O)N[C@H](CC(C)C)C(=O)O. The van der Waals surface area contributed by atoms with Gasteiger partial charge in [0.2, 0.25) is 5.91 Å². The molecule has 1 atom stereocenters. The Morgan fingerprint density at radius 3 is 2.24 bits per heavy atom. The van der Waals surface area contributed by atoms with Crippen LogP contribution in [0.1, 0.15) is 31.4 Å². The second kappa shape index (κ2) is 7.67. The molecule has 0 aromatic heterocycles. The van der Waals surface area contributed by atoms with Crippen molar-refractivity contribution in [3.05, 3.63) is 29.3 Å². The van der Waals surface area contributed by atoms with E-state index in [1.165, 1.54) is 0 Å². The molecule has 0 bridgehead atoms. The number of hydrogen-bond acceptors (Lipinski definition) is 3. The highest BCUT2D eigenvalue weighted by Gasteiger charge is 2.20. The minimum Gasteiger partial charge on any atom is -0.480 e. The summed E-state index contributed by atoms with van der Waals surface area (Å²) >= 11 is 0. The first kappa shape index (κ1) is 17.0. The third-order valence-electron chi connectivity index (χ3n) is 3.25. The van der Waals surface area contributed by atoms with Crippen LogP contribution >= 0.6 is 0 Å². The van der Waals surface area contributed by atoms with Crippen LogP contribution in [0.25, 0.3) is 0 Å². The van der Waals surface area contributed by atoms with Crippen molar-refractivity contribution in [3.8, 4) is 0 Å². The number of carbonyl (C=O) groups is 2. The van der Waals surface area contributed by atoms with Crippen molar-refractivity contribution >= 4 is 17.6 Å². The normalized spacial score (nSPS) is 12.0. The molecular formula is C16H24N2O3. The maximum Gasteiger partial charge on any atom is 0.326 e. The summed E-state index contributed by atoms with van der Waals surface area (Å²) in [5.74, 6) is -1.10. The lowest BCUT2D eigenvalue weighted by Crippen LogP contribution is -2.44. The van der Waals surface area contributed by atoms with Gasteiger partial charge in [-0.3, -0.25) is 4.79 Å². The van der Waals surface area contributed by atoms with Crippen LogP contribution in [-0.4, -0.2) is 29.6 Å². The number of para-hydroxylation sites is 1. The van der Waals surface area contributed by atoms with E-state index in [9.17, 15) is 9.59 Å². The molecule has 0 spiro atoms. The Kier molecular flexibility index (Phi) is 6.21. The fraction of sp³-hybridized carbons (Fsp3) is 0.500. The van der Waals surface area contributed by atoms with Gasteiger partial charge in [-0.25, -0.2) is 4.79 Å². The fourth-order valence-electron chi connectivity index (χ4n) is 2.20. The molecule has 0 saturated heterocycles. The molecule has 3 N–H and O–H groups in total. The van der Waals surface area contributed by atoms with Crippen LogP contribution in [0, 0.1) is 19.8 Å². The Labute approximate surface area is 125 Å². The lowest BCUT2D eigenvalue weighted by Gasteiger charge is -2.17. The molecule has 1 rings (SSSR count). The van der Waals surface area contributed by atoms with Crippen LogP contribution in [0.4, 0.5) is 5.69 Å². The lowest BCUT2D eigenvalue weighted by molar-refractivity contribution is -0.142. The number of amides is 1. The van der Waals surface area contributed by atoms with Gasteiger partial charge in [-0.05, 0) is 37.3 Å². The minimum absolute atomic E-state index is 0.0631. The molecular weight excluding hydrogens is 268 g/mol. The van der Waals surface area contributed by atoms with Gasteiger partial charge >= 0.3 is 5.97 Å². The van der Waals surface area contributed by atoms with Crippen molar-refractivity contribution in [2.45, 2.75) is 40.2 Å². The van der Waals surface area contributed by atoms with Gasteiger partial charge in [-0.1, -0.05) is 32.0 Å². The van der Waals surface area contributed by atoms with E-state index in [2.05, 4.69) is 10.6 Å². The van der Waals surface area contributed by atoms with E-state index in [-0.39, 0.29) is 18.4 Å². The van der Waals surface area contributed by atoms with Gasteiger partial charge in [0.1, 0.15) is 6.04 Å². The summed E-state index contributed by atoms with van der Waals surface area (Å²) in [6.45, 7) is 7.85. The zero-order valence-corrected chi connectivity index (χ0v) is 13.1. The lowest BCUT2D eigenvalue weighted by atomic mass is 10.0. The zero-order valence-electron chi connectivity index (χ0n) is 13.1. The molecule has 0 aliphatic rings. The summed E-state index contributed by atoms with van der Waals surface area (Å²) in [6.07, 6.45) is 0.421. The third-order valence-corrected chi connectivity index (χ3v) is 3.25. The standard InChI is InChI=1S/C16H24N2O3/c1-10(2)8-13(16(20)21)18-14(19)9-17-15-11(3)6-5-7-12(15)4/h5-7,10,13,17H,8-9H2,1-4H3,(H,18,19)(H,20,21)/t13-/m1/s1. The monoisotopic (exact) mass is 292 g/mol. The average molecular weight is 292 g/mol. The molecule has 0 aliphatic carbocycles. The van der Waals surface area contributed by atoms with Crippen LogP contribution < -0.4 is 10.6 Å². The molecule has 116 valence electrons. The van der Waals surface area contributed by atoms with E-state index in [1.807, 2.05) is 45.9 Å². The van der Waals surface area contributed by atoms with Gasteiger partial charge in [-0.2, -0.15) is 0 Å². The third kappa shape index (κ3) is 5.45. The highest BCUT2D eigenvalue weighted by atomic mass is 16.4.